The minimum absolute atomic E-state index is 0.0105. The van der Waals surface area contributed by atoms with Crippen LogP contribution >= 0.6 is 11.6 Å². The Morgan fingerprint density at radius 3 is 2.33 bits per heavy atom. The minimum atomic E-state index is -0.0545. The lowest BCUT2D eigenvalue weighted by Crippen LogP contribution is -2.35. The highest BCUT2D eigenvalue weighted by Crippen LogP contribution is 2.31. The van der Waals surface area contributed by atoms with Gasteiger partial charge in [0.2, 0.25) is 11.8 Å². The van der Waals surface area contributed by atoms with Gasteiger partial charge in [-0.2, -0.15) is 0 Å². The van der Waals surface area contributed by atoms with Crippen molar-refractivity contribution in [3.8, 4) is 5.75 Å². The van der Waals surface area contributed by atoms with Gasteiger partial charge < -0.3 is 15.4 Å². The van der Waals surface area contributed by atoms with E-state index < -0.39 is 0 Å². The molecular weight excluding hydrogens is 328 g/mol. The molecule has 2 amide bonds. The van der Waals surface area contributed by atoms with E-state index in [0.717, 1.165) is 38.6 Å². The molecule has 6 heteroatoms. The number of rotatable bonds is 6. The number of carbonyl (C=O) groups is 2. The molecule has 1 aromatic rings. The number of hydrogen-bond donors (Lipinski definition) is 2. The normalized spacial score (nSPS) is 20.3. The number of halogens is 1. The topological polar surface area (TPSA) is 67.4 Å². The van der Waals surface area contributed by atoms with Gasteiger partial charge in [-0.05, 0) is 50.3 Å². The Labute approximate surface area is 148 Å². The van der Waals surface area contributed by atoms with E-state index in [-0.39, 0.29) is 23.7 Å². The molecule has 1 aliphatic rings. The summed E-state index contributed by atoms with van der Waals surface area (Å²) in [5.41, 5.74) is 0.661. The van der Waals surface area contributed by atoms with Crippen molar-refractivity contribution in [2.75, 3.05) is 19.0 Å². The van der Waals surface area contributed by atoms with Crippen LogP contribution in [0.3, 0.4) is 0 Å². The van der Waals surface area contributed by atoms with Crippen LogP contribution < -0.4 is 15.4 Å². The van der Waals surface area contributed by atoms with Crippen LogP contribution in [-0.2, 0) is 9.59 Å². The monoisotopic (exact) mass is 352 g/mol. The highest BCUT2D eigenvalue weighted by Gasteiger charge is 2.29. The Balaban J connectivity index is 1.84. The minimum Gasteiger partial charge on any atom is -0.495 e. The van der Waals surface area contributed by atoms with Crippen LogP contribution in [0.2, 0.25) is 5.02 Å². The molecule has 132 valence electrons. The van der Waals surface area contributed by atoms with Gasteiger partial charge in [-0.1, -0.05) is 18.5 Å². The van der Waals surface area contributed by atoms with Gasteiger partial charge in [0.1, 0.15) is 5.75 Å². The zero-order valence-electron chi connectivity index (χ0n) is 14.2. The number of carbonyl (C=O) groups excluding carboxylic acids is 2. The summed E-state index contributed by atoms with van der Waals surface area (Å²) in [5, 5.41) is 6.30. The van der Waals surface area contributed by atoms with Gasteiger partial charge >= 0.3 is 0 Å². The van der Waals surface area contributed by atoms with Crippen molar-refractivity contribution in [1.29, 1.82) is 0 Å². The molecule has 1 fully saturated rings. The number of hydrogen-bond acceptors (Lipinski definition) is 3. The first-order chi connectivity index (χ1) is 11.5. The quantitative estimate of drug-likeness (QED) is 0.821. The lowest BCUT2D eigenvalue weighted by Gasteiger charge is -2.27. The van der Waals surface area contributed by atoms with Crippen molar-refractivity contribution in [2.24, 2.45) is 11.8 Å². The van der Waals surface area contributed by atoms with Gasteiger partial charge in [-0.15, -0.1) is 0 Å². The molecule has 0 unspecified atom stereocenters. The fourth-order valence-electron chi connectivity index (χ4n) is 3.00. The third-order valence-electron chi connectivity index (χ3n) is 4.44. The summed E-state index contributed by atoms with van der Waals surface area (Å²) in [6.45, 7) is 2.75. The summed E-state index contributed by atoms with van der Waals surface area (Å²) in [4.78, 5) is 24.4. The standard InChI is InChI=1S/C18H25ClN2O3/c1-3-10-20-17(22)12-4-6-13(7-5-12)18(23)21-14-8-9-16(24-2)15(19)11-14/h8-9,11-13H,3-7,10H2,1-2H3,(H,20,22)(H,21,23). The van der Waals surface area contributed by atoms with Crippen LogP contribution in [0.1, 0.15) is 39.0 Å². The molecule has 0 atom stereocenters. The number of amides is 2. The lowest BCUT2D eigenvalue weighted by molar-refractivity contribution is -0.128. The smallest absolute Gasteiger partial charge is 0.227 e. The third-order valence-corrected chi connectivity index (χ3v) is 4.73. The first-order valence-electron chi connectivity index (χ1n) is 8.47. The van der Waals surface area contributed by atoms with Gasteiger partial charge in [-0.3, -0.25) is 9.59 Å². The average Bonchev–Trinajstić information content (AvgIpc) is 2.60. The number of methoxy groups -OCH3 is 1. The second kappa shape index (κ2) is 8.92. The Hall–Kier alpha value is -1.75. The van der Waals surface area contributed by atoms with Crippen molar-refractivity contribution >= 4 is 29.1 Å². The summed E-state index contributed by atoms with van der Waals surface area (Å²) in [5.74, 6) is 0.673. The molecule has 1 aliphatic carbocycles. The summed E-state index contributed by atoms with van der Waals surface area (Å²) >= 11 is 6.07. The fourth-order valence-corrected chi connectivity index (χ4v) is 3.26. The van der Waals surface area contributed by atoms with E-state index in [1.54, 1.807) is 25.3 Å². The number of ether oxygens (including phenoxy) is 1. The molecule has 2 rings (SSSR count). The molecule has 24 heavy (non-hydrogen) atoms. The first-order valence-corrected chi connectivity index (χ1v) is 8.85. The zero-order valence-corrected chi connectivity index (χ0v) is 15.0. The average molecular weight is 353 g/mol. The van der Waals surface area contributed by atoms with Crippen molar-refractivity contribution in [3.05, 3.63) is 23.2 Å². The largest absolute Gasteiger partial charge is 0.495 e. The first kappa shape index (κ1) is 18.6. The molecule has 0 bridgehead atoms. The number of anilines is 1. The molecule has 1 saturated carbocycles. The molecule has 0 aliphatic heterocycles. The van der Waals surface area contributed by atoms with Crippen LogP contribution in [0.4, 0.5) is 5.69 Å². The maximum absolute atomic E-state index is 12.4. The fraction of sp³-hybridized carbons (Fsp3) is 0.556. The number of nitrogens with one attached hydrogen (secondary N) is 2. The van der Waals surface area contributed by atoms with Crippen molar-refractivity contribution < 1.29 is 14.3 Å². The molecule has 2 N–H and O–H groups in total. The summed E-state index contributed by atoms with van der Waals surface area (Å²) in [6, 6.07) is 5.18. The van der Waals surface area contributed by atoms with E-state index in [4.69, 9.17) is 16.3 Å². The van der Waals surface area contributed by atoms with Crippen LogP contribution in [0.5, 0.6) is 5.75 Å². The molecule has 0 heterocycles. The van der Waals surface area contributed by atoms with E-state index in [2.05, 4.69) is 10.6 Å². The van der Waals surface area contributed by atoms with Gasteiger partial charge in [-0.25, -0.2) is 0 Å². The Kier molecular flexibility index (Phi) is 6.91. The van der Waals surface area contributed by atoms with Gasteiger partial charge in [0.05, 0.1) is 12.1 Å². The van der Waals surface area contributed by atoms with Crippen LogP contribution in [-0.4, -0.2) is 25.5 Å². The Bertz CT molecular complexity index is 584. The SMILES string of the molecule is CCCNC(=O)C1CCC(C(=O)Nc2ccc(OC)c(Cl)c2)CC1. The van der Waals surface area contributed by atoms with Gasteiger partial charge in [0.15, 0.2) is 0 Å². The second-order valence-corrected chi connectivity index (χ2v) is 6.59. The van der Waals surface area contributed by atoms with E-state index in [1.165, 1.54) is 0 Å². The zero-order chi connectivity index (χ0) is 17.5. The predicted molar refractivity (Wildman–Crippen MR) is 95.4 cm³/mol. The third kappa shape index (κ3) is 4.87. The van der Waals surface area contributed by atoms with Crippen molar-refractivity contribution in [1.82, 2.24) is 5.32 Å². The second-order valence-electron chi connectivity index (χ2n) is 6.18. The molecule has 0 aromatic heterocycles. The van der Waals surface area contributed by atoms with Crippen LogP contribution in [0.25, 0.3) is 0 Å². The Morgan fingerprint density at radius 1 is 1.17 bits per heavy atom. The maximum Gasteiger partial charge on any atom is 0.227 e. The number of benzene rings is 1. The van der Waals surface area contributed by atoms with Crippen molar-refractivity contribution in [3.63, 3.8) is 0 Å². The maximum atomic E-state index is 12.4. The molecule has 0 saturated heterocycles. The van der Waals surface area contributed by atoms with Crippen molar-refractivity contribution in [2.45, 2.75) is 39.0 Å². The van der Waals surface area contributed by atoms with E-state index in [0.29, 0.717) is 16.5 Å². The predicted octanol–water partition coefficient (Wildman–Crippen LogP) is 3.62. The van der Waals surface area contributed by atoms with Gasteiger partial charge in [0, 0.05) is 24.1 Å². The molecule has 1 aromatic carbocycles. The summed E-state index contributed by atoms with van der Waals surface area (Å²) in [7, 11) is 1.55. The van der Waals surface area contributed by atoms with Crippen LogP contribution in [0, 0.1) is 11.8 Å². The summed E-state index contributed by atoms with van der Waals surface area (Å²) in [6.07, 6.45) is 3.93. The molecule has 5 nitrogen and oxygen atoms in total. The van der Waals surface area contributed by atoms with E-state index in [9.17, 15) is 9.59 Å². The lowest BCUT2D eigenvalue weighted by atomic mass is 9.81. The van der Waals surface area contributed by atoms with Gasteiger partial charge in [0.25, 0.3) is 0 Å². The molecule has 0 spiro atoms. The Morgan fingerprint density at radius 2 is 1.79 bits per heavy atom. The summed E-state index contributed by atoms with van der Waals surface area (Å²) < 4.78 is 5.10. The van der Waals surface area contributed by atoms with E-state index >= 15 is 0 Å². The highest BCUT2D eigenvalue weighted by atomic mass is 35.5. The molecular formula is C18H25ClN2O3. The van der Waals surface area contributed by atoms with E-state index in [1.807, 2.05) is 6.92 Å². The molecule has 0 radical (unpaired) electrons. The highest BCUT2D eigenvalue weighted by molar-refractivity contribution is 6.32. The van der Waals surface area contributed by atoms with Crippen LogP contribution in [0.15, 0.2) is 18.2 Å².